The summed E-state index contributed by atoms with van der Waals surface area (Å²) in [5, 5.41) is 3.30. The van der Waals surface area contributed by atoms with Crippen LogP contribution in [0.5, 0.6) is 0 Å². The normalized spacial score (nSPS) is 11.6. The van der Waals surface area contributed by atoms with Crippen LogP contribution in [0.15, 0.2) is 30.3 Å². The first-order valence-electron chi connectivity index (χ1n) is 8.41. The highest BCUT2D eigenvalue weighted by Gasteiger charge is 2.21. The molecule has 2 rings (SSSR count). The van der Waals surface area contributed by atoms with Crippen molar-refractivity contribution in [1.82, 2.24) is 0 Å². The molecule has 0 bridgehead atoms. The van der Waals surface area contributed by atoms with Crippen LogP contribution in [0, 0.1) is 13.8 Å². The Morgan fingerprint density at radius 1 is 1.12 bits per heavy atom. The monoisotopic (exact) mass is 371 g/mol. The van der Waals surface area contributed by atoms with Crippen LogP contribution >= 0.6 is 11.3 Å². The van der Waals surface area contributed by atoms with Crippen LogP contribution in [0.3, 0.4) is 0 Å². The van der Waals surface area contributed by atoms with Gasteiger partial charge in [0, 0.05) is 11.0 Å². The highest BCUT2D eigenvalue weighted by atomic mass is 32.1. The van der Waals surface area contributed by atoms with Crippen molar-refractivity contribution < 1.29 is 14.3 Å². The second kappa shape index (κ2) is 7.87. The summed E-state index contributed by atoms with van der Waals surface area (Å²) in [6.07, 6.45) is 3.23. The number of methoxy groups -OCH3 is 1. The number of anilines is 1. The van der Waals surface area contributed by atoms with Gasteiger partial charge < -0.3 is 10.1 Å². The molecule has 1 aromatic heterocycles. The molecule has 0 aliphatic heterocycles. The fourth-order valence-corrected chi connectivity index (χ4v) is 3.53. The third kappa shape index (κ3) is 4.61. The summed E-state index contributed by atoms with van der Waals surface area (Å²) in [4.78, 5) is 25.2. The van der Waals surface area contributed by atoms with E-state index in [0.717, 1.165) is 16.0 Å². The number of nitrogens with one attached hydrogen (secondary N) is 1. The third-order valence-corrected chi connectivity index (χ3v) is 5.34. The van der Waals surface area contributed by atoms with Crippen LogP contribution in [0.25, 0.3) is 6.08 Å². The van der Waals surface area contributed by atoms with Gasteiger partial charge in [0.1, 0.15) is 5.00 Å². The van der Waals surface area contributed by atoms with Gasteiger partial charge in [-0.05, 0) is 42.0 Å². The molecule has 0 unspecified atom stereocenters. The van der Waals surface area contributed by atoms with Crippen molar-refractivity contribution in [1.29, 1.82) is 0 Å². The molecule has 0 aliphatic rings. The lowest BCUT2D eigenvalue weighted by Crippen LogP contribution is -2.11. The smallest absolute Gasteiger partial charge is 0.341 e. The minimum atomic E-state index is -0.441. The van der Waals surface area contributed by atoms with E-state index >= 15 is 0 Å². The van der Waals surface area contributed by atoms with E-state index in [4.69, 9.17) is 4.74 Å². The van der Waals surface area contributed by atoms with Gasteiger partial charge >= 0.3 is 5.97 Å². The van der Waals surface area contributed by atoms with E-state index < -0.39 is 5.97 Å². The number of amides is 1. The maximum absolute atomic E-state index is 12.3. The molecule has 138 valence electrons. The van der Waals surface area contributed by atoms with Crippen LogP contribution in [0.1, 0.15) is 52.7 Å². The largest absolute Gasteiger partial charge is 0.465 e. The minimum Gasteiger partial charge on any atom is -0.465 e. The fourth-order valence-electron chi connectivity index (χ4n) is 2.48. The standard InChI is InChI=1S/C21H25NO3S/c1-13-14(2)26-19(18(13)20(24)25-6)22-17(23)12-9-15-7-10-16(11-8-15)21(3,4)5/h7-12H,1-6H3,(H,22,23). The first-order valence-corrected chi connectivity index (χ1v) is 9.23. The Kier molecular flexibility index (Phi) is 6.03. The Morgan fingerprint density at radius 3 is 2.27 bits per heavy atom. The number of rotatable bonds is 4. The first kappa shape index (κ1) is 19.9. The van der Waals surface area contributed by atoms with Gasteiger partial charge in [-0.3, -0.25) is 4.79 Å². The Hall–Kier alpha value is -2.40. The summed E-state index contributed by atoms with van der Waals surface area (Å²) >= 11 is 1.37. The predicted octanol–water partition coefficient (Wildman–Crippen LogP) is 5.10. The predicted molar refractivity (Wildman–Crippen MR) is 108 cm³/mol. The summed E-state index contributed by atoms with van der Waals surface area (Å²) in [5.74, 6) is -0.722. The number of thiophene rings is 1. The number of esters is 1. The van der Waals surface area contributed by atoms with Crippen molar-refractivity contribution in [2.24, 2.45) is 0 Å². The Morgan fingerprint density at radius 2 is 1.73 bits per heavy atom. The average molecular weight is 372 g/mol. The van der Waals surface area contributed by atoms with Crippen LogP contribution in [-0.4, -0.2) is 19.0 Å². The van der Waals surface area contributed by atoms with E-state index in [2.05, 4.69) is 38.2 Å². The SMILES string of the molecule is COC(=O)c1c(NC(=O)C=Cc2ccc(C(C)(C)C)cc2)sc(C)c1C. The molecule has 0 fully saturated rings. The van der Waals surface area contributed by atoms with Gasteiger partial charge in [-0.15, -0.1) is 11.3 Å². The maximum Gasteiger partial charge on any atom is 0.341 e. The zero-order valence-electron chi connectivity index (χ0n) is 16.1. The van der Waals surface area contributed by atoms with Gasteiger partial charge in [-0.2, -0.15) is 0 Å². The summed E-state index contributed by atoms with van der Waals surface area (Å²) in [6.45, 7) is 10.2. The van der Waals surface area contributed by atoms with Gasteiger partial charge in [0.25, 0.3) is 0 Å². The molecule has 2 aromatic rings. The number of carbonyl (C=O) groups excluding carboxylic acids is 2. The van der Waals surface area contributed by atoms with Gasteiger partial charge in [0.2, 0.25) is 5.91 Å². The average Bonchev–Trinajstić information content (AvgIpc) is 2.86. The van der Waals surface area contributed by atoms with E-state index in [1.807, 2.05) is 26.0 Å². The van der Waals surface area contributed by atoms with Crippen molar-refractivity contribution >= 4 is 34.3 Å². The lowest BCUT2D eigenvalue weighted by Gasteiger charge is -2.18. The minimum absolute atomic E-state index is 0.0960. The van der Waals surface area contributed by atoms with Gasteiger partial charge in [0.15, 0.2) is 0 Å². The van der Waals surface area contributed by atoms with Crippen molar-refractivity contribution in [3.63, 3.8) is 0 Å². The lowest BCUT2D eigenvalue weighted by atomic mass is 9.87. The van der Waals surface area contributed by atoms with Crippen LogP contribution in [0.2, 0.25) is 0 Å². The number of ether oxygens (including phenoxy) is 1. The van der Waals surface area contributed by atoms with Crippen molar-refractivity contribution in [2.45, 2.75) is 40.0 Å². The molecule has 0 saturated carbocycles. The molecular weight excluding hydrogens is 346 g/mol. The molecule has 1 aromatic carbocycles. The van der Waals surface area contributed by atoms with E-state index in [1.165, 1.54) is 30.1 Å². The maximum atomic E-state index is 12.3. The Labute approximate surface area is 158 Å². The molecule has 4 nitrogen and oxygen atoms in total. The second-order valence-corrected chi connectivity index (χ2v) is 8.40. The molecular formula is C21H25NO3S. The molecule has 1 heterocycles. The Bertz CT molecular complexity index is 839. The van der Waals surface area contributed by atoms with Crippen molar-refractivity contribution in [3.8, 4) is 0 Å². The third-order valence-electron chi connectivity index (χ3n) is 4.22. The Balaban J connectivity index is 2.13. The van der Waals surface area contributed by atoms with Gasteiger partial charge in [-0.1, -0.05) is 45.0 Å². The molecule has 0 atom stereocenters. The molecule has 1 amide bonds. The van der Waals surface area contributed by atoms with Crippen molar-refractivity contribution in [3.05, 3.63) is 57.5 Å². The molecule has 1 N–H and O–H groups in total. The molecule has 0 spiro atoms. The first-order chi connectivity index (χ1) is 12.1. The quantitative estimate of drug-likeness (QED) is 0.601. The van der Waals surface area contributed by atoms with Crippen LogP contribution < -0.4 is 5.32 Å². The molecule has 5 heteroatoms. The van der Waals surface area contributed by atoms with Crippen LogP contribution in [-0.2, 0) is 14.9 Å². The topological polar surface area (TPSA) is 55.4 Å². The molecule has 0 radical (unpaired) electrons. The van der Waals surface area contributed by atoms with E-state index in [0.29, 0.717) is 10.6 Å². The summed E-state index contributed by atoms with van der Waals surface area (Å²) in [7, 11) is 1.33. The van der Waals surface area contributed by atoms with Crippen LogP contribution in [0.4, 0.5) is 5.00 Å². The number of hydrogen-bond acceptors (Lipinski definition) is 4. The zero-order valence-corrected chi connectivity index (χ0v) is 16.9. The second-order valence-electron chi connectivity index (χ2n) is 7.17. The highest BCUT2D eigenvalue weighted by molar-refractivity contribution is 7.16. The van der Waals surface area contributed by atoms with E-state index in [9.17, 15) is 9.59 Å². The van der Waals surface area contributed by atoms with Gasteiger partial charge in [-0.25, -0.2) is 4.79 Å². The van der Waals surface area contributed by atoms with E-state index in [-0.39, 0.29) is 11.3 Å². The van der Waals surface area contributed by atoms with E-state index in [1.54, 1.807) is 6.08 Å². The lowest BCUT2D eigenvalue weighted by molar-refractivity contribution is -0.111. The number of carbonyl (C=O) groups is 2. The zero-order chi connectivity index (χ0) is 19.5. The molecule has 26 heavy (non-hydrogen) atoms. The number of aryl methyl sites for hydroxylation is 1. The molecule has 0 aliphatic carbocycles. The van der Waals surface area contributed by atoms with Crippen molar-refractivity contribution in [2.75, 3.05) is 12.4 Å². The number of hydrogen-bond donors (Lipinski definition) is 1. The summed E-state index contributed by atoms with van der Waals surface area (Å²) in [5.41, 5.74) is 3.54. The fraction of sp³-hybridized carbons (Fsp3) is 0.333. The highest BCUT2D eigenvalue weighted by Crippen LogP contribution is 2.33. The number of benzene rings is 1. The summed E-state index contributed by atoms with van der Waals surface area (Å²) in [6, 6.07) is 8.12. The summed E-state index contributed by atoms with van der Waals surface area (Å²) < 4.78 is 4.82. The van der Waals surface area contributed by atoms with Gasteiger partial charge in [0.05, 0.1) is 12.7 Å². The molecule has 0 saturated heterocycles.